The predicted octanol–water partition coefficient (Wildman–Crippen LogP) is 1.05. The van der Waals surface area contributed by atoms with Crippen LogP contribution in [0.1, 0.15) is 13.3 Å². The third-order valence-corrected chi connectivity index (χ3v) is 1.19. The van der Waals surface area contributed by atoms with Crippen molar-refractivity contribution in [2.45, 2.75) is 25.8 Å². The molecule has 0 aromatic rings. The number of hydrogen-bond donors (Lipinski definition) is 1. The summed E-state index contributed by atoms with van der Waals surface area (Å²) in [5.41, 5.74) is 0. The Morgan fingerprint density at radius 3 is 2.33 bits per heavy atom. The van der Waals surface area contributed by atoms with E-state index in [9.17, 15) is 18.0 Å². The molecule has 1 unspecified atom stereocenters. The van der Waals surface area contributed by atoms with Crippen molar-refractivity contribution in [3.63, 3.8) is 0 Å². The maximum atomic E-state index is 11.6. The first-order chi connectivity index (χ1) is 5.40. The number of hydrogen-bond acceptors (Lipinski definition) is 2. The van der Waals surface area contributed by atoms with Gasteiger partial charge in [0, 0.05) is 7.05 Å². The second-order valence-electron chi connectivity index (χ2n) is 2.07. The average molecular weight is 185 g/mol. The maximum absolute atomic E-state index is 11.6. The van der Waals surface area contributed by atoms with Crippen molar-refractivity contribution < 1.29 is 22.7 Å². The average Bonchev–Trinajstić information content (AvgIpc) is 1.97. The fraction of sp³-hybridized carbons (Fsp3) is 0.833. The zero-order valence-corrected chi connectivity index (χ0v) is 6.73. The number of halogens is 3. The fourth-order valence-electron chi connectivity index (χ4n) is 0.645. The van der Waals surface area contributed by atoms with Gasteiger partial charge in [0.15, 0.2) is 0 Å². The van der Waals surface area contributed by atoms with Gasteiger partial charge >= 0.3 is 6.36 Å². The fourth-order valence-corrected chi connectivity index (χ4v) is 0.645. The van der Waals surface area contributed by atoms with Gasteiger partial charge in [-0.3, -0.25) is 9.53 Å². The molecule has 0 saturated carbocycles. The molecule has 1 atom stereocenters. The zero-order valence-electron chi connectivity index (χ0n) is 6.73. The van der Waals surface area contributed by atoms with Gasteiger partial charge in [-0.05, 0) is 6.42 Å². The van der Waals surface area contributed by atoms with Gasteiger partial charge in [0.25, 0.3) is 0 Å². The lowest BCUT2D eigenvalue weighted by atomic mass is 10.2. The summed E-state index contributed by atoms with van der Waals surface area (Å²) in [6, 6.07) is 0. The molecule has 0 aliphatic carbocycles. The summed E-state index contributed by atoms with van der Waals surface area (Å²) in [4.78, 5) is 10.7. The summed E-state index contributed by atoms with van der Waals surface area (Å²) in [5.74, 6) is -0.769. The third-order valence-electron chi connectivity index (χ3n) is 1.19. The Labute approximate surface area is 67.9 Å². The highest BCUT2D eigenvalue weighted by Gasteiger charge is 2.35. The maximum Gasteiger partial charge on any atom is 0.523 e. The number of carbonyl (C=O) groups excluding carboxylic acids is 1. The van der Waals surface area contributed by atoms with Crippen LogP contribution < -0.4 is 5.32 Å². The second kappa shape index (κ2) is 4.30. The van der Waals surface area contributed by atoms with Crippen LogP contribution in [0.2, 0.25) is 0 Å². The molecule has 0 aliphatic rings. The lowest BCUT2D eigenvalue weighted by Crippen LogP contribution is -2.37. The minimum Gasteiger partial charge on any atom is -0.357 e. The standard InChI is InChI=1S/C6H10F3NO2/c1-3-4(5(11)10-2)12-6(7,8)9/h4H,3H2,1-2H3,(H,10,11). The van der Waals surface area contributed by atoms with E-state index in [1.807, 2.05) is 0 Å². The molecule has 0 aromatic carbocycles. The van der Waals surface area contributed by atoms with Crippen LogP contribution in [0.3, 0.4) is 0 Å². The minimum atomic E-state index is -4.76. The van der Waals surface area contributed by atoms with Gasteiger partial charge in [0.2, 0.25) is 5.91 Å². The van der Waals surface area contributed by atoms with Crippen molar-refractivity contribution in [1.29, 1.82) is 0 Å². The Hall–Kier alpha value is -0.780. The smallest absolute Gasteiger partial charge is 0.357 e. The summed E-state index contributed by atoms with van der Waals surface area (Å²) >= 11 is 0. The molecule has 6 heteroatoms. The van der Waals surface area contributed by atoms with Crippen LogP contribution in [0, 0.1) is 0 Å². The molecular weight excluding hydrogens is 175 g/mol. The third kappa shape index (κ3) is 4.17. The molecule has 3 nitrogen and oxygen atoms in total. The molecule has 0 bridgehead atoms. The van der Waals surface area contributed by atoms with Gasteiger partial charge in [-0.25, -0.2) is 0 Å². The first kappa shape index (κ1) is 11.2. The molecule has 0 saturated heterocycles. The predicted molar refractivity (Wildman–Crippen MR) is 35.3 cm³/mol. The minimum absolute atomic E-state index is 0.0147. The van der Waals surface area contributed by atoms with E-state index in [1.54, 1.807) is 0 Å². The molecule has 1 amide bonds. The van der Waals surface area contributed by atoms with Crippen LogP contribution in [0.25, 0.3) is 0 Å². The van der Waals surface area contributed by atoms with Crippen LogP contribution >= 0.6 is 0 Å². The SMILES string of the molecule is CCC(OC(F)(F)F)C(=O)NC. The van der Waals surface area contributed by atoms with Crippen LogP contribution in [0.15, 0.2) is 0 Å². The van der Waals surface area contributed by atoms with E-state index in [1.165, 1.54) is 14.0 Å². The Morgan fingerprint density at radius 2 is 2.08 bits per heavy atom. The van der Waals surface area contributed by atoms with Crippen molar-refractivity contribution in [3.8, 4) is 0 Å². The Kier molecular flexibility index (Phi) is 4.02. The first-order valence-electron chi connectivity index (χ1n) is 3.36. The van der Waals surface area contributed by atoms with Gasteiger partial charge in [-0.15, -0.1) is 13.2 Å². The van der Waals surface area contributed by atoms with Gasteiger partial charge in [0.05, 0.1) is 0 Å². The van der Waals surface area contributed by atoms with E-state index in [4.69, 9.17) is 0 Å². The summed E-state index contributed by atoms with van der Waals surface area (Å²) in [5, 5.41) is 2.07. The monoisotopic (exact) mass is 185 g/mol. The lowest BCUT2D eigenvalue weighted by molar-refractivity contribution is -0.337. The number of likely N-dealkylation sites (N-methyl/N-ethyl adjacent to an activating group) is 1. The Balaban J connectivity index is 4.09. The van der Waals surface area contributed by atoms with E-state index in [0.717, 1.165) is 0 Å². The zero-order chi connectivity index (χ0) is 9.78. The molecule has 12 heavy (non-hydrogen) atoms. The molecular formula is C6H10F3NO2. The quantitative estimate of drug-likeness (QED) is 0.713. The molecule has 72 valence electrons. The molecule has 1 N–H and O–H groups in total. The van der Waals surface area contributed by atoms with E-state index in [2.05, 4.69) is 10.1 Å². The molecule has 0 aromatic heterocycles. The highest BCUT2D eigenvalue weighted by Crippen LogP contribution is 2.19. The molecule has 0 spiro atoms. The summed E-state index contributed by atoms with van der Waals surface area (Å²) < 4.78 is 38.3. The van der Waals surface area contributed by atoms with Gasteiger partial charge < -0.3 is 5.32 Å². The van der Waals surface area contributed by atoms with Gasteiger partial charge in [0.1, 0.15) is 6.10 Å². The molecule has 0 radical (unpaired) electrons. The number of amides is 1. The normalized spacial score (nSPS) is 14.1. The summed E-state index contributed by atoms with van der Waals surface area (Å²) in [7, 11) is 1.25. The van der Waals surface area contributed by atoms with Gasteiger partial charge in [-0.2, -0.15) is 0 Å². The highest BCUT2D eigenvalue weighted by atomic mass is 19.4. The number of alkyl halides is 3. The molecule has 0 fully saturated rings. The molecule has 0 heterocycles. The summed E-state index contributed by atoms with van der Waals surface area (Å²) in [6.07, 6.45) is -6.22. The van der Waals surface area contributed by atoms with Crippen molar-refractivity contribution in [1.82, 2.24) is 5.32 Å². The molecule has 0 rings (SSSR count). The Morgan fingerprint density at radius 1 is 1.58 bits per heavy atom. The van der Waals surface area contributed by atoms with Crippen molar-refractivity contribution in [2.24, 2.45) is 0 Å². The first-order valence-corrected chi connectivity index (χ1v) is 3.36. The van der Waals surface area contributed by atoms with E-state index in [-0.39, 0.29) is 6.42 Å². The number of nitrogens with one attached hydrogen (secondary N) is 1. The molecule has 0 aliphatic heterocycles. The van der Waals surface area contributed by atoms with E-state index in [0.29, 0.717) is 0 Å². The summed E-state index contributed by atoms with van der Waals surface area (Å²) in [6.45, 7) is 1.44. The lowest BCUT2D eigenvalue weighted by Gasteiger charge is -2.15. The Bertz CT molecular complexity index is 157. The van der Waals surface area contributed by atoms with E-state index >= 15 is 0 Å². The number of rotatable bonds is 3. The van der Waals surface area contributed by atoms with Crippen LogP contribution in [0.5, 0.6) is 0 Å². The second-order valence-corrected chi connectivity index (χ2v) is 2.07. The highest BCUT2D eigenvalue weighted by molar-refractivity contribution is 5.80. The van der Waals surface area contributed by atoms with Crippen molar-refractivity contribution >= 4 is 5.91 Å². The van der Waals surface area contributed by atoms with Crippen molar-refractivity contribution in [2.75, 3.05) is 7.05 Å². The van der Waals surface area contributed by atoms with Gasteiger partial charge in [-0.1, -0.05) is 6.92 Å². The topological polar surface area (TPSA) is 38.3 Å². The van der Waals surface area contributed by atoms with Crippen LogP contribution in [-0.2, 0) is 9.53 Å². The van der Waals surface area contributed by atoms with E-state index < -0.39 is 18.4 Å². The van der Waals surface area contributed by atoms with Crippen LogP contribution in [-0.4, -0.2) is 25.4 Å². The number of carbonyl (C=O) groups is 1. The largest absolute Gasteiger partial charge is 0.523 e. The number of ether oxygens (including phenoxy) is 1. The van der Waals surface area contributed by atoms with Crippen molar-refractivity contribution in [3.05, 3.63) is 0 Å². The van der Waals surface area contributed by atoms with Crippen LogP contribution in [0.4, 0.5) is 13.2 Å².